The minimum absolute atomic E-state index is 0.0210. The maximum absolute atomic E-state index is 13.4. The van der Waals surface area contributed by atoms with Crippen LogP contribution in [0.25, 0.3) is 0 Å². The molecule has 0 unspecified atom stereocenters. The number of ether oxygens (including phenoxy) is 1. The molecule has 0 saturated carbocycles. The van der Waals surface area contributed by atoms with Crippen molar-refractivity contribution < 1.29 is 23.8 Å². The lowest BCUT2D eigenvalue weighted by atomic mass is 10.2. The average molecular weight is 283 g/mol. The third kappa shape index (κ3) is 4.87. The van der Waals surface area contributed by atoms with Crippen molar-refractivity contribution >= 4 is 11.9 Å². The van der Waals surface area contributed by atoms with E-state index in [4.69, 9.17) is 9.84 Å². The van der Waals surface area contributed by atoms with E-state index in [1.807, 2.05) is 0 Å². The van der Waals surface area contributed by atoms with Gasteiger partial charge in [0.25, 0.3) is 5.91 Å². The van der Waals surface area contributed by atoms with Crippen molar-refractivity contribution in [2.24, 2.45) is 0 Å². The van der Waals surface area contributed by atoms with Crippen LogP contribution in [0.5, 0.6) is 5.75 Å². The number of hydrogen-bond acceptors (Lipinski definition) is 3. The summed E-state index contributed by atoms with van der Waals surface area (Å²) >= 11 is 0. The Balaban J connectivity index is 2.56. The fourth-order valence-electron chi connectivity index (χ4n) is 1.64. The zero-order valence-electron chi connectivity index (χ0n) is 11.6. The second kappa shape index (κ2) is 7.47. The highest BCUT2D eigenvalue weighted by Crippen LogP contribution is 2.18. The van der Waals surface area contributed by atoms with Crippen LogP contribution in [0.1, 0.15) is 18.9 Å². The summed E-state index contributed by atoms with van der Waals surface area (Å²) in [6.45, 7) is 3.72. The average Bonchev–Trinajstić information content (AvgIpc) is 2.40. The Morgan fingerprint density at radius 3 is 2.70 bits per heavy atom. The van der Waals surface area contributed by atoms with Gasteiger partial charge in [-0.25, -0.2) is 4.39 Å². The number of carbonyl (C=O) groups is 2. The molecule has 1 N–H and O–H groups in total. The number of halogens is 1. The van der Waals surface area contributed by atoms with Crippen LogP contribution in [0.3, 0.4) is 0 Å². The Morgan fingerprint density at radius 2 is 2.10 bits per heavy atom. The number of hydrogen-bond donors (Lipinski definition) is 1. The zero-order chi connectivity index (χ0) is 15.1. The van der Waals surface area contributed by atoms with E-state index in [9.17, 15) is 14.0 Å². The fourth-order valence-corrected chi connectivity index (χ4v) is 1.64. The summed E-state index contributed by atoms with van der Waals surface area (Å²) in [4.78, 5) is 23.7. The summed E-state index contributed by atoms with van der Waals surface area (Å²) in [6, 6.07) is 4.39. The third-order valence-corrected chi connectivity index (χ3v) is 2.77. The Hall–Kier alpha value is -2.11. The van der Waals surface area contributed by atoms with Gasteiger partial charge < -0.3 is 14.7 Å². The molecule has 0 saturated heterocycles. The topological polar surface area (TPSA) is 66.8 Å². The summed E-state index contributed by atoms with van der Waals surface area (Å²) in [6.07, 6.45) is -0.127. The molecule has 0 atom stereocenters. The molecular weight excluding hydrogens is 265 g/mol. The van der Waals surface area contributed by atoms with E-state index in [0.29, 0.717) is 6.54 Å². The second-order valence-electron chi connectivity index (χ2n) is 4.34. The van der Waals surface area contributed by atoms with Crippen molar-refractivity contribution in [1.82, 2.24) is 4.90 Å². The molecule has 1 aromatic carbocycles. The Morgan fingerprint density at radius 1 is 1.40 bits per heavy atom. The van der Waals surface area contributed by atoms with Gasteiger partial charge in [-0.1, -0.05) is 6.07 Å². The Bertz CT molecular complexity index is 490. The molecule has 1 amide bonds. The van der Waals surface area contributed by atoms with Crippen LogP contribution in [0.15, 0.2) is 18.2 Å². The minimum atomic E-state index is -0.970. The monoisotopic (exact) mass is 283 g/mol. The third-order valence-electron chi connectivity index (χ3n) is 2.77. The van der Waals surface area contributed by atoms with Crippen molar-refractivity contribution in [3.05, 3.63) is 29.6 Å². The van der Waals surface area contributed by atoms with Gasteiger partial charge in [0.1, 0.15) is 0 Å². The first-order chi connectivity index (χ1) is 9.43. The maximum Gasteiger partial charge on any atom is 0.305 e. The molecule has 5 nitrogen and oxygen atoms in total. The first-order valence-electron chi connectivity index (χ1n) is 6.32. The number of nitrogens with zero attached hydrogens (tertiary/aromatic N) is 1. The van der Waals surface area contributed by atoms with Gasteiger partial charge in [-0.2, -0.15) is 0 Å². The van der Waals surface area contributed by atoms with Crippen LogP contribution in [-0.2, 0) is 9.59 Å². The smallest absolute Gasteiger partial charge is 0.305 e. The van der Waals surface area contributed by atoms with Crippen LogP contribution in [0.4, 0.5) is 4.39 Å². The van der Waals surface area contributed by atoms with Gasteiger partial charge in [0, 0.05) is 13.1 Å². The van der Waals surface area contributed by atoms with Crippen LogP contribution in [-0.4, -0.2) is 41.6 Å². The molecule has 110 valence electrons. The molecular formula is C14H18FNO4. The van der Waals surface area contributed by atoms with Gasteiger partial charge in [-0.05, 0) is 31.5 Å². The lowest BCUT2D eigenvalue weighted by molar-refractivity contribution is -0.139. The van der Waals surface area contributed by atoms with E-state index in [-0.39, 0.29) is 31.2 Å². The van der Waals surface area contributed by atoms with Crippen molar-refractivity contribution in [2.75, 3.05) is 19.7 Å². The highest BCUT2D eigenvalue weighted by molar-refractivity contribution is 5.78. The van der Waals surface area contributed by atoms with E-state index in [2.05, 4.69) is 0 Å². The summed E-state index contributed by atoms with van der Waals surface area (Å²) in [5.41, 5.74) is 0.826. The number of rotatable bonds is 7. The minimum Gasteiger partial charge on any atom is -0.481 e. The van der Waals surface area contributed by atoms with Crippen molar-refractivity contribution in [1.29, 1.82) is 0 Å². The number of amides is 1. The van der Waals surface area contributed by atoms with Gasteiger partial charge in [-0.3, -0.25) is 9.59 Å². The number of carboxylic acids is 1. The normalized spacial score (nSPS) is 10.2. The molecule has 0 radical (unpaired) electrons. The molecule has 0 aliphatic heterocycles. The molecule has 20 heavy (non-hydrogen) atoms. The summed E-state index contributed by atoms with van der Waals surface area (Å²) < 4.78 is 18.6. The quantitative estimate of drug-likeness (QED) is 0.829. The van der Waals surface area contributed by atoms with Gasteiger partial charge in [-0.15, -0.1) is 0 Å². The van der Waals surface area contributed by atoms with Gasteiger partial charge >= 0.3 is 5.97 Å². The number of aliphatic carboxylic acids is 1. The van der Waals surface area contributed by atoms with Gasteiger partial charge in [0.2, 0.25) is 0 Å². The summed E-state index contributed by atoms with van der Waals surface area (Å²) in [5.74, 6) is -1.85. The molecule has 0 aliphatic rings. The molecule has 0 aromatic heterocycles. The Labute approximate surface area is 117 Å². The fraction of sp³-hybridized carbons (Fsp3) is 0.429. The second-order valence-corrected chi connectivity index (χ2v) is 4.34. The number of carbonyl (C=O) groups excluding carboxylic acids is 1. The van der Waals surface area contributed by atoms with Gasteiger partial charge in [0.05, 0.1) is 6.42 Å². The molecule has 1 aromatic rings. The standard InChI is InChI=1S/C14H18FNO4/c1-3-16(7-6-14(18)19)13(17)9-20-12-8-10(2)4-5-11(12)15/h4-5,8H,3,6-7,9H2,1-2H3,(H,18,19). The van der Waals surface area contributed by atoms with Crippen molar-refractivity contribution in [3.8, 4) is 5.75 Å². The summed E-state index contributed by atoms with van der Waals surface area (Å²) in [5, 5.41) is 8.60. The highest BCUT2D eigenvalue weighted by atomic mass is 19.1. The van der Waals surface area contributed by atoms with E-state index >= 15 is 0 Å². The van der Waals surface area contributed by atoms with E-state index in [1.165, 1.54) is 17.0 Å². The molecule has 0 spiro atoms. The van der Waals surface area contributed by atoms with E-state index < -0.39 is 11.8 Å². The first-order valence-corrected chi connectivity index (χ1v) is 6.32. The van der Waals surface area contributed by atoms with Crippen molar-refractivity contribution in [2.45, 2.75) is 20.3 Å². The number of benzene rings is 1. The van der Waals surface area contributed by atoms with Crippen molar-refractivity contribution in [3.63, 3.8) is 0 Å². The van der Waals surface area contributed by atoms with Crippen LogP contribution < -0.4 is 4.74 Å². The predicted molar refractivity (Wildman–Crippen MR) is 71.1 cm³/mol. The molecule has 0 fully saturated rings. The molecule has 0 aliphatic carbocycles. The molecule has 1 rings (SSSR count). The molecule has 0 heterocycles. The highest BCUT2D eigenvalue weighted by Gasteiger charge is 2.14. The number of likely N-dealkylation sites (N-methyl/N-ethyl adjacent to an activating group) is 1. The SMILES string of the molecule is CCN(CCC(=O)O)C(=O)COc1cc(C)ccc1F. The van der Waals surface area contributed by atoms with Crippen LogP contribution in [0.2, 0.25) is 0 Å². The maximum atomic E-state index is 13.4. The number of carboxylic acid groups (broad SMARTS) is 1. The van der Waals surface area contributed by atoms with Crippen LogP contribution in [0, 0.1) is 12.7 Å². The lowest BCUT2D eigenvalue weighted by Crippen LogP contribution is -2.36. The Kier molecular flexibility index (Phi) is 5.96. The molecule has 6 heteroatoms. The van der Waals surface area contributed by atoms with E-state index in [0.717, 1.165) is 5.56 Å². The number of aryl methyl sites for hydroxylation is 1. The zero-order valence-corrected chi connectivity index (χ0v) is 11.6. The van der Waals surface area contributed by atoms with Crippen LogP contribution >= 0.6 is 0 Å². The largest absolute Gasteiger partial charge is 0.481 e. The lowest BCUT2D eigenvalue weighted by Gasteiger charge is -2.20. The predicted octanol–water partition coefficient (Wildman–Crippen LogP) is 1.84. The van der Waals surface area contributed by atoms with E-state index in [1.54, 1.807) is 19.9 Å². The molecule has 0 bridgehead atoms. The van der Waals surface area contributed by atoms with Gasteiger partial charge in [0.15, 0.2) is 18.2 Å². The first kappa shape index (κ1) is 15.9. The summed E-state index contributed by atoms with van der Waals surface area (Å²) in [7, 11) is 0.